The fourth-order valence-corrected chi connectivity index (χ4v) is 2.01. The molecule has 6 heteroatoms. The molecule has 0 aromatic carbocycles. The van der Waals surface area contributed by atoms with E-state index in [1.165, 1.54) is 11.2 Å². The van der Waals surface area contributed by atoms with Gasteiger partial charge >= 0.3 is 5.97 Å². The molecule has 0 spiro atoms. The molecule has 1 amide bonds. The lowest BCUT2D eigenvalue weighted by molar-refractivity contribution is -0.143. The van der Waals surface area contributed by atoms with E-state index in [2.05, 4.69) is 5.16 Å². The van der Waals surface area contributed by atoms with Gasteiger partial charge in [0.25, 0.3) is 5.91 Å². The second-order valence-electron chi connectivity index (χ2n) is 4.27. The van der Waals surface area contributed by atoms with Gasteiger partial charge in [0.1, 0.15) is 6.26 Å². The molecule has 0 bridgehead atoms. The minimum absolute atomic E-state index is 0.248. The summed E-state index contributed by atoms with van der Waals surface area (Å²) in [5.41, 5.74) is 0.948. The Kier molecular flexibility index (Phi) is 3.12. The van der Waals surface area contributed by atoms with Gasteiger partial charge in [-0.2, -0.15) is 0 Å². The third-order valence-corrected chi connectivity index (χ3v) is 3.01. The van der Waals surface area contributed by atoms with Crippen molar-refractivity contribution in [1.82, 2.24) is 10.1 Å². The molecular formula is C11H14N2O4. The van der Waals surface area contributed by atoms with E-state index in [0.29, 0.717) is 24.9 Å². The van der Waals surface area contributed by atoms with Crippen LogP contribution in [0.5, 0.6) is 0 Å². The number of rotatable bonds is 2. The molecule has 1 saturated heterocycles. The molecule has 92 valence electrons. The van der Waals surface area contributed by atoms with Crippen LogP contribution in [0.4, 0.5) is 0 Å². The highest BCUT2D eigenvalue weighted by Crippen LogP contribution is 2.19. The molecule has 1 fully saturated rings. The number of aryl methyl sites for hydroxylation is 1. The average Bonchev–Trinajstić information content (AvgIpc) is 2.74. The third kappa shape index (κ3) is 2.30. The minimum Gasteiger partial charge on any atom is -0.481 e. The van der Waals surface area contributed by atoms with Crippen LogP contribution < -0.4 is 0 Å². The maximum atomic E-state index is 12.1. The Morgan fingerprint density at radius 1 is 1.59 bits per heavy atom. The van der Waals surface area contributed by atoms with Crippen molar-refractivity contribution in [1.29, 1.82) is 0 Å². The Hall–Kier alpha value is -1.85. The number of hydrogen-bond acceptors (Lipinski definition) is 4. The van der Waals surface area contributed by atoms with E-state index in [1.807, 2.05) is 0 Å². The summed E-state index contributed by atoms with van der Waals surface area (Å²) < 4.78 is 4.72. The van der Waals surface area contributed by atoms with Crippen LogP contribution in [0.1, 0.15) is 28.9 Å². The molecule has 17 heavy (non-hydrogen) atoms. The van der Waals surface area contributed by atoms with Crippen LogP contribution in [-0.4, -0.2) is 40.1 Å². The van der Waals surface area contributed by atoms with Crippen molar-refractivity contribution in [2.75, 3.05) is 13.1 Å². The highest BCUT2D eigenvalue weighted by atomic mass is 16.5. The van der Waals surface area contributed by atoms with Gasteiger partial charge in [-0.05, 0) is 19.8 Å². The first-order valence-corrected chi connectivity index (χ1v) is 5.52. The summed E-state index contributed by atoms with van der Waals surface area (Å²) in [5.74, 6) is -1.57. The lowest BCUT2D eigenvalue weighted by Crippen LogP contribution is -2.42. The minimum atomic E-state index is -0.848. The quantitative estimate of drug-likeness (QED) is 0.828. The van der Waals surface area contributed by atoms with Crippen LogP contribution >= 0.6 is 0 Å². The Labute approximate surface area is 98.2 Å². The molecular weight excluding hydrogens is 224 g/mol. The van der Waals surface area contributed by atoms with Crippen molar-refractivity contribution in [3.63, 3.8) is 0 Å². The second-order valence-corrected chi connectivity index (χ2v) is 4.27. The van der Waals surface area contributed by atoms with Crippen LogP contribution in [0.2, 0.25) is 0 Å². The molecule has 6 nitrogen and oxygen atoms in total. The van der Waals surface area contributed by atoms with E-state index < -0.39 is 11.9 Å². The van der Waals surface area contributed by atoms with Crippen LogP contribution in [0.25, 0.3) is 0 Å². The summed E-state index contributed by atoms with van der Waals surface area (Å²) in [6.07, 6.45) is 2.74. The van der Waals surface area contributed by atoms with Crippen molar-refractivity contribution < 1.29 is 19.2 Å². The molecule has 0 saturated carbocycles. The van der Waals surface area contributed by atoms with E-state index in [0.717, 1.165) is 0 Å². The smallest absolute Gasteiger partial charge is 0.308 e. The maximum absolute atomic E-state index is 12.1. The number of likely N-dealkylation sites (tertiary alicyclic amines) is 1. The molecule has 1 aromatic rings. The highest BCUT2D eigenvalue weighted by molar-refractivity contribution is 5.93. The standard InChI is InChI=1S/C11H14N2O4/c1-7-6-17-12-9(7)10(14)13-4-2-3-8(5-13)11(15)16/h6,8H,2-5H2,1H3,(H,15,16). The molecule has 1 aliphatic heterocycles. The number of nitrogens with zero attached hydrogens (tertiary/aromatic N) is 2. The van der Waals surface area contributed by atoms with Crippen molar-refractivity contribution in [3.8, 4) is 0 Å². The van der Waals surface area contributed by atoms with Crippen molar-refractivity contribution in [2.24, 2.45) is 5.92 Å². The largest absolute Gasteiger partial charge is 0.481 e. The zero-order chi connectivity index (χ0) is 12.4. The number of carbonyl (C=O) groups is 2. The van der Waals surface area contributed by atoms with Crippen molar-refractivity contribution in [3.05, 3.63) is 17.5 Å². The van der Waals surface area contributed by atoms with E-state index in [1.54, 1.807) is 6.92 Å². The fraction of sp³-hybridized carbons (Fsp3) is 0.545. The first kappa shape index (κ1) is 11.6. The summed E-state index contributed by atoms with van der Waals surface area (Å²) in [5, 5.41) is 12.6. The maximum Gasteiger partial charge on any atom is 0.308 e. The summed E-state index contributed by atoms with van der Waals surface area (Å²) in [7, 11) is 0. The first-order chi connectivity index (χ1) is 8.09. The monoisotopic (exact) mass is 238 g/mol. The van der Waals surface area contributed by atoms with Gasteiger partial charge in [0.05, 0.1) is 5.92 Å². The Balaban J connectivity index is 2.10. The zero-order valence-corrected chi connectivity index (χ0v) is 9.55. The molecule has 1 aliphatic rings. The van der Waals surface area contributed by atoms with Gasteiger partial charge in [-0.3, -0.25) is 9.59 Å². The molecule has 1 unspecified atom stereocenters. The molecule has 2 heterocycles. The van der Waals surface area contributed by atoms with Gasteiger partial charge < -0.3 is 14.5 Å². The summed E-state index contributed by atoms with van der Waals surface area (Å²) >= 11 is 0. The van der Waals surface area contributed by atoms with Crippen LogP contribution in [0.3, 0.4) is 0 Å². The second kappa shape index (κ2) is 4.57. The number of aromatic nitrogens is 1. The Morgan fingerprint density at radius 2 is 2.35 bits per heavy atom. The number of hydrogen-bond donors (Lipinski definition) is 1. The molecule has 2 rings (SSSR count). The third-order valence-electron chi connectivity index (χ3n) is 3.01. The summed E-state index contributed by atoms with van der Waals surface area (Å²) in [6, 6.07) is 0. The van der Waals surface area contributed by atoms with Crippen molar-refractivity contribution in [2.45, 2.75) is 19.8 Å². The van der Waals surface area contributed by atoms with E-state index >= 15 is 0 Å². The van der Waals surface area contributed by atoms with Gasteiger partial charge in [-0.25, -0.2) is 0 Å². The molecule has 1 N–H and O–H groups in total. The van der Waals surface area contributed by atoms with Gasteiger partial charge in [0.2, 0.25) is 0 Å². The number of piperidine rings is 1. The summed E-state index contributed by atoms with van der Waals surface area (Å²) in [6.45, 7) is 2.57. The van der Waals surface area contributed by atoms with Gasteiger partial charge in [-0.1, -0.05) is 5.16 Å². The number of carboxylic acid groups (broad SMARTS) is 1. The van der Waals surface area contributed by atoms with Gasteiger partial charge in [0, 0.05) is 18.7 Å². The first-order valence-electron chi connectivity index (χ1n) is 5.52. The molecule has 1 aromatic heterocycles. The molecule has 1 atom stereocenters. The summed E-state index contributed by atoms with van der Waals surface area (Å²) in [4.78, 5) is 24.5. The van der Waals surface area contributed by atoms with Gasteiger partial charge in [0.15, 0.2) is 5.69 Å². The topological polar surface area (TPSA) is 83.6 Å². The van der Waals surface area contributed by atoms with Crippen molar-refractivity contribution >= 4 is 11.9 Å². The van der Waals surface area contributed by atoms with Gasteiger partial charge in [-0.15, -0.1) is 0 Å². The number of amides is 1. The average molecular weight is 238 g/mol. The van der Waals surface area contributed by atoms with Crippen LogP contribution in [-0.2, 0) is 4.79 Å². The number of aliphatic carboxylic acids is 1. The van der Waals surface area contributed by atoms with E-state index in [-0.39, 0.29) is 18.1 Å². The number of carboxylic acids is 1. The van der Waals surface area contributed by atoms with Crippen LogP contribution in [0.15, 0.2) is 10.8 Å². The predicted molar refractivity (Wildman–Crippen MR) is 57.5 cm³/mol. The Bertz CT molecular complexity index is 440. The fourth-order valence-electron chi connectivity index (χ4n) is 2.01. The van der Waals surface area contributed by atoms with Crippen LogP contribution in [0, 0.1) is 12.8 Å². The zero-order valence-electron chi connectivity index (χ0n) is 9.55. The molecule has 0 radical (unpaired) electrons. The predicted octanol–water partition coefficient (Wildman–Crippen LogP) is 0.920. The normalized spacial score (nSPS) is 20.3. The molecule has 0 aliphatic carbocycles. The van der Waals surface area contributed by atoms with E-state index in [9.17, 15) is 9.59 Å². The lowest BCUT2D eigenvalue weighted by atomic mass is 9.98. The highest BCUT2D eigenvalue weighted by Gasteiger charge is 2.30. The lowest BCUT2D eigenvalue weighted by Gasteiger charge is -2.30. The van der Waals surface area contributed by atoms with E-state index in [4.69, 9.17) is 9.63 Å². The Morgan fingerprint density at radius 3 is 2.94 bits per heavy atom. The number of carbonyl (C=O) groups excluding carboxylic acids is 1. The SMILES string of the molecule is Cc1conc1C(=O)N1CCCC(C(=O)O)C1.